The van der Waals surface area contributed by atoms with Crippen LogP contribution in [0.15, 0.2) is 30.3 Å². The zero-order chi connectivity index (χ0) is 14.0. The number of ether oxygens (including phenoxy) is 2. The van der Waals surface area contributed by atoms with Gasteiger partial charge in [0.25, 0.3) is 0 Å². The number of carbonyl (C=O) groups is 1. The number of hydrogen-bond acceptors (Lipinski definition) is 4. The molecule has 1 N–H and O–H groups in total. The quantitative estimate of drug-likeness (QED) is 0.804. The van der Waals surface area contributed by atoms with Crippen molar-refractivity contribution in [3.63, 3.8) is 0 Å². The molecule has 0 saturated carbocycles. The van der Waals surface area contributed by atoms with Gasteiger partial charge >= 0.3 is 0 Å². The summed E-state index contributed by atoms with van der Waals surface area (Å²) in [6.07, 6.45) is 0.908. The Morgan fingerprint density at radius 3 is 2.90 bits per heavy atom. The molecule has 2 heterocycles. The normalized spacial score (nSPS) is 21.0. The van der Waals surface area contributed by atoms with Gasteiger partial charge in [0.1, 0.15) is 0 Å². The lowest BCUT2D eigenvalue weighted by Gasteiger charge is -2.33. The first kappa shape index (κ1) is 11.3. The van der Waals surface area contributed by atoms with Gasteiger partial charge in [0.2, 0.25) is 6.79 Å². The predicted molar refractivity (Wildman–Crippen MR) is 76.8 cm³/mol. The highest BCUT2D eigenvalue weighted by Gasteiger charge is 2.39. The van der Waals surface area contributed by atoms with Crippen LogP contribution < -0.4 is 14.8 Å². The fraction of sp³-hybridized carbons (Fsp3) is 0.235. The molecule has 0 fully saturated rings. The molecule has 1 aliphatic carbocycles. The summed E-state index contributed by atoms with van der Waals surface area (Å²) in [5.41, 5.74) is 5.03. The van der Waals surface area contributed by atoms with Crippen LogP contribution in [-0.2, 0) is 6.42 Å². The Morgan fingerprint density at radius 1 is 1.14 bits per heavy atom. The van der Waals surface area contributed by atoms with E-state index in [1.165, 1.54) is 5.56 Å². The molecule has 1 atom stereocenters. The average Bonchev–Trinajstić information content (AvgIpc) is 2.99. The van der Waals surface area contributed by atoms with Gasteiger partial charge in [-0.3, -0.25) is 4.79 Å². The summed E-state index contributed by atoms with van der Waals surface area (Å²) in [6.45, 7) is 1.06. The summed E-state index contributed by atoms with van der Waals surface area (Å²) in [5, 5.41) is 3.35. The Bertz CT molecular complexity index is 797. The average molecular weight is 279 g/mol. The SMILES string of the molecule is O=C1c2ccccc2-c2c3c(cc4c2C1NCC4)OCO3. The Morgan fingerprint density at radius 2 is 2.00 bits per heavy atom. The molecule has 4 nitrogen and oxygen atoms in total. The largest absolute Gasteiger partial charge is 0.454 e. The summed E-state index contributed by atoms with van der Waals surface area (Å²) in [4.78, 5) is 12.8. The second kappa shape index (κ2) is 3.86. The predicted octanol–water partition coefficient (Wildman–Crippen LogP) is 2.47. The minimum Gasteiger partial charge on any atom is -0.454 e. The van der Waals surface area contributed by atoms with Gasteiger partial charge < -0.3 is 14.8 Å². The fourth-order valence-corrected chi connectivity index (χ4v) is 3.66. The lowest BCUT2D eigenvalue weighted by atomic mass is 9.76. The minimum absolute atomic E-state index is 0.151. The topological polar surface area (TPSA) is 47.6 Å². The number of ketones is 1. The monoisotopic (exact) mass is 279 g/mol. The van der Waals surface area contributed by atoms with Gasteiger partial charge in [0.15, 0.2) is 17.3 Å². The van der Waals surface area contributed by atoms with Crippen LogP contribution in [0.2, 0.25) is 0 Å². The molecule has 0 radical (unpaired) electrons. The summed E-state index contributed by atoms with van der Waals surface area (Å²) in [6, 6.07) is 9.54. The van der Waals surface area contributed by atoms with Crippen molar-refractivity contribution < 1.29 is 14.3 Å². The molecule has 3 aliphatic rings. The smallest absolute Gasteiger partial charge is 0.231 e. The molecule has 0 spiro atoms. The Balaban J connectivity index is 1.93. The van der Waals surface area contributed by atoms with Gasteiger partial charge in [-0.25, -0.2) is 0 Å². The number of benzene rings is 2. The molecule has 21 heavy (non-hydrogen) atoms. The molecule has 104 valence electrons. The summed E-state index contributed by atoms with van der Waals surface area (Å²) in [5.74, 6) is 1.73. The Kier molecular flexibility index (Phi) is 2.08. The molecule has 2 aromatic rings. The molecular formula is C17H13NO3. The van der Waals surface area contributed by atoms with Crippen LogP contribution in [0.1, 0.15) is 27.5 Å². The van der Waals surface area contributed by atoms with Gasteiger partial charge in [-0.2, -0.15) is 0 Å². The van der Waals surface area contributed by atoms with E-state index in [1.807, 2.05) is 30.3 Å². The van der Waals surface area contributed by atoms with Crippen molar-refractivity contribution in [1.82, 2.24) is 5.32 Å². The van der Waals surface area contributed by atoms with Crippen molar-refractivity contribution in [3.05, 3.63) is 47.0 Å². The molecule has 0 saturated heterocycles. The number of rotatable bonds is 0. The van der Waals surface area contributed by atoms with E-state index in [2.05, 4.69) is 5.32 Å². The Hall–Kier alpha value is -2.33. The van der Waals surface area contributed by atoms with Crippen LogP contribution in [-0.4, -0.2) is 19.1 Å². The van der Waals surface area contributed by atoms with Gasteiger partial charge in [-0.15, -0.1) is 0 Å². The third-order valence-corrected chi connectivity index (χ3v) is 4.54. The maximum atomic E-state index is 12.8. The van der Waals surface area contributed by atoms with Crippen LogP contribution in [0.3, 0.4) is 0 Å². The highest BCUT2D eigenvalue weighted by atomic mass is 16.7. The first-order chi connectivity index (χ1) is 10.3. The molecule has 0 amide bonds. The summed E-state index contributed by atoms with van der Waals surface area (Å²) >= 11 is 0. The summed E-state index contributed by atoms with van der Waals surface area (Å²) in [7, 11) is 0. The first-order valence-corrected chi connectivity index (χ1v) is 7.17. The number of carbonyl (C=O) groups excluding carboxylic acids is 1. The van der Waals surface area contributed by atoms with E-state index in [4.69, 9.17) is 9.47 Å². The van der Waals surface area contributed by atoms with E-state index in [-0.39, 0.29) is 18.6 Å². The maximum Gasteiger partial charge on any atom is 0.231 e. The number of fused-ring (bicyclic) bond motifs is 4. The van der Waals surface area contributed by atoms with Crippen molar-refractivity contribution in [2.45, 2.75) is 12.5 Å². The molecule has 0 aromatic heterocycles. The zero-order valence-electron chi connectivity index (χ0n) is 11.3. The van der Waals surface area contributed by atoms with Gasteiger partial charge in [-0.1, -0.05) is 24.3 Å². The molecule has 0 bridgehead atoms. The van der Waals surface area contributed by atoms with Gasteiger partial charge in [0, 0.05) is 17.7 Å². The van der Waals surface area contributed by atoms with Crippen LogP contribution >= 0.6 is 0 Å². The number of hydrogen-bond donors (Lipinski definition) is 1. The zero-order valence-corrected chi connectivity index (χ0v) is 11.3. The van der Waals surface area contributed by atoms with Crippen LogP contribution in [0.4, 0.5) is 0 Å². The van der Waals surface area contributed by atoms with Crippen LogP contribution in [0.5, 0.6) is 11.5 Å². The lowest BCUT2D eigenvalue weighted by molar-refractivity contribution is 0.0937. The highest BCUT2D eigenvalue weighted by Crippen LogP contribution is 2.51. The number of Topliss-reactive ketones (excluding diaryl/α,β-unsaturated/α-hetero) is 1. The van der Waals surface area contributed by atoms with Crippen molar-refractivity contribution in [2.24, 2.45) is 0 Å². The molecule has 2 aromatic carbocycles. The molecular weight excluding hydrogens is 266 g/mol. The number of nitrogens with one attached hydrogen (secondary N) is 1. The third kappa shape index (κ3) is 1.35. The molecule has 5 rings (SSSR count). The third-order valence-electron chi connectivity index (χ3n) is 4.54. The minimum atomic E-state index is -0.256. The van der Waals surface area contributed by atoms with Crippen molar-refractivity contribution in [1.29, 1.82) is 0 Å². The van der Waals surface area contributed by atoms with Crippen LogP contribution in [0, 0.1) is 0 Å². The van der Waals surface area contributed by atoms with Gasteiger partial charge in [-0.05, 0) is 29.2 Å². The first-order valence-electron chi connectivity index (χ1n) is 7.17. The van der Waals surface area contributed by atoms with E-state index in [1.54, 1.807) is 0 Å². The van der Waals surface area contributed by atoms with E-state index < -0.39 is 0 Å². The lowest BCUT2D eigenvalue weighted by Crippen LogP contribution is -2.37. The van der Waals surface area contributed by atoms with Crippen molar-refractivity contribution in [3.8, 4) is 22.6 Å². The second-order valence-corrected chi connectivity index (χ2v) is 5.61. The van der Waals surface area contributed by atoms with Gasteiger partial charge in [0.05, 0.1) is 6.04 Å². The molecule has 1 unspecified atom stereocenters. The van der Waals surface area contributed by atoms with E-state index >= 15 is 0 Å². The molecule has 2 aliphatic heterocycles. The van der Waals surface area contributed by atoms with Crippen LogP contribution in [0.25, 0.3) is 11.1 Å². The van der Waals surface area contributed by atoms with Crippen molar-refractivity contribution in [2.75, 3.05) is 13.3 Å². The van der Waals surface area contributed by atoms with E-state index in [0.717, 1.165) is 46.7 Å². The highest BCUT2D eigenvalue weighted by molar-refractivity contribution is 6.11. The Labute approximate surface area is 121 Å². The molecule has 4 heteroatoms. The van der Waals surface area contributed by atoms with E-state index in [0.29, 0.717) is 0 Å². The van der Waals surface area contributed by atoms with Crippen molar-refractivity contribution >= 4 is 5.78 Å². The maximum absolute atomic E-state index is 12.8. The summed E-state index contributed by atoms with van der Waals surface area (Å²) < 4.78 is 11.3. The second-order valence-electron chi connectivity index (χ2n) is 5.61. The standard InChI is InChI=1S/C17H13NO3/c19-16-11-4-2-1-3-10(11)14-13-9(5-6-18-15(13)16)7-12-17(14)21-8-20-12/h1-4,7,15,18H,5-6,8H2. The van der Waals surface area contributed by atoms with E-state index in [9.17, 15) is 4.79 Å². The fourth-order valence-electron chi connectivity index (χ4n) is 3.66.